The van der Waals surface area contributed by atoms with Gasteiger partial charge in [-0.1, -0.05) is 0 Å². The highest BCUT2D eigenvalue weighted by Gasteiger charge is 2.52. The summed E-state index contributed by atoms with van der Waals surface area (Å²) in [5, 5.41) is 71.3. The third kappa shape index (κ3) is 9.00. The molecule has 0 aromatic rings. The van der Waals surface area contributed by atoms with Gasteiger partial charge < -0.3 is 88.5 Å². The van der Waals surface area contributed by atoms with Crippen LogP contribution in [0.1, 0.15) is 26.2 Å². The third-order valence-electron chi connectivity index (χ3n) is 8.53. The number of nitrogens with two attached hydrogens (primary N) is 4. The average Bonchev–Trinajstić information content (AvgIpc) is 2.98. The molecule has 2 aliphatic heterocycles. The first-order valence-electron chi connectivity index (χ1n) is 15.0. The van der Waals surface area contributed by atoms with Crippen LogP contribution in [0.2, 0.25) is 0 Å². The number of nitrogens with one attached hydrogen (secondary N) is 3. The Kier molecular flexibility index (Phi) is 14.1. The second kappa shape index (κ2) is 16.6. The topological polar surface area (TPSA) is 316 Å². The van der Waals surface area contributed by atoms with E-state index in [4.69, 9.17) is 47.0 Å². The van der Waals surface area contributed by atoms with E-state index in [-0.39, 0.29) is 32.3 Å². The van der Waals surface area contributed by atoms with Gasteiger partial charge in [0.25, 0.3) is 5.91 Å². The summed E-state index contributed by atoms with van der Waals surface area (Å²) in [6.45, 7) is 1.86. The van der Waals surface area contributed by atoms with Gasteiger partial charge in [-0.05, 0) is 33.2 Å². The molecular weight excluding hydrogens is 586 g/mol. The van der Waals surface area contributed by atoms with Crippen LogP contribution in [-0.4, -0.2) is 168 Å². The van der Waals surface area contributed by atoms with Gasteiger partial charge >= 0.3 is 0 Å². The van der Waals surface area contributed by atoms with E-state index in [0.717, 1.165) is 0 Å². The number of aliphatic hydroxyl groups is 6. The van der Waals surface area contributed by atoms with Gasteiger partial charge in [-0.2, -0.15) is 0 Å². The number of carbonyl (C=O) groups is 1. The molecule has 2 saturated heterocycles. The Morgan fingerprint density at radius 3 is 2.41 bits per heavy atom. The molecule has 1 saturated carbocycles. The van der Waals surface area contributed by atoms with Gasteiger partial charge in [0.15, 0.2) is 18.7 Å². The van der Waals surface area contributed by atoms with Crippen LogP contribution >= 0.6 is 0 Å². The summed E-state index contributed by atoms with van der Waals surface area (Å²) in [4.78, 5) is 12.9. The van der Waals surface area contributed by atoms with E-state index in [1.165, 1.54) is 6.92 Å². The first-order valence-corrected chi connectivity index (χ1v) is 15.0. The summed E-state index contributed by atoms with van der Waals surface area (Å²) in [7, 11) is 1.55. The second-order valence-electron chi connectivity index (χ2n) is 12.1. The minimum Gasteiger partial charge on any atom is -0.395 e. The lowest BCUT2D eigenvalue weighted by atomic mass is 9.83. The predicted octanol–water partition coefficient (Wildman–Crippen LogP) is -7.19. The van der Waals surface area contributed by atoms with E-state index < -0.39 is 90.9 Å². The largest absolute Gasteiger partial charge is 0.395 e. The summed E-state index contributed by atoms with van der Waals surface area (Å²) < 4.78 is 23.9. The first-order chi connectivity index (χ1) is 20.7. The zero-order valence-electron chi connectivity index (χ0n) is 25.3. The van der Waals surface area contributed by atoms with Crippen LogP contribution in [-0.2, 0) is 23.7 Å². The number of rotatable bonds is 14. The fourth-order valence-electron chi connectivity index (χ4n) is 5.91. The summed E-state index contributed by atoms with van der Waals surface area (Å²) in [5.74, 6) is -1.02. The molecule has 2 heterocycles. The quantitative estimate of drug-likeness (QED) is 0.0785. The van der Waals surface area contributed by atoms with Crippen LogP contribution in [0.15, 0.2) is 0 Å². The minimum atomic E-state index is -1.96. The number of hydrogen-bond acceptors (Lipinski definition) is 17. The number of aliphatic hydroxyl groups excluding tert-OH is 5. The van der Waals surface area contributed by atoms with Crippen LogP contribution in [0.3, 0.4) is 0 Å². The Bertz CT molecular complexity index is 895. The van der Waals surface area contributed by atoms with Crippen LogP contribution < -0.4 is 38.9 Å². The van der Waals surface area contributed by atoms with Gasteiger partial charge in [0.05, 0.1) is 37.4 Å². The molecule has 3 fully saturated rings. The van der Waals surface area contributed by atoms with Gasteiger partial charge in [-0.25, -0.2) is 0 Å². The summed E-state index contributed by atoms with van der Waals surface area (Å²) in [5.41, 5.74) is 22.4. The molecule has 0 radical (unpaired) electrons. The molecule has 18 heteroatoms. The van der Waals surface area contributed by atoms with Crippen molar-refractivity contribution >= 4 is 5.91 Å². The Labute approximate surface area is 256 Å². The van der Waals surface area contributed by atoms with Gasteiger partial charge in [-0.3, -0.25) is 4.79 Å². The molecule has 0 spiro atoms. The molecule has 1 amide bonds. The number of likely N-dealkylation sites (N-methyl/N-ethyl adjacent to an activating group) is 1. The Balaban J connectivity index is 1.81. The number of ether oxygens (including phenoxy) is 4. The molecule has 0 aromatic carbocycles. The highest BCUT2D eigenvalue weighted by molar-refractivity contribution is 5.81. The molecule has 0 unspecified atom stereocenters. The number of hydrogen-bond donors (Lipinski definition) is 13. The minimum absolute atomic E-state index is 0.0315. The molecule has 1 aliphatic carbocycles. The van der Waals surface area contributed by atoms with E-state index in [9.17, 15) is 30.3 Å². The van der Waals surface area contributed by atoms with E-state index >= 15 is 0 Å². The second-order valence-corrected chi connectivity index (χ2v) is 12.1. The van der Waals surface area contributed by atoms with Crippen LogP contribution in [0.4, 0.5) is 0 Å². The highest BCUT2D eigenvalue weighted by Crippen LogP contribution is 2.32. The summed E-state index contributed by atoms with van der Waals surface area (Å²) in [6.07, 6.45) is -10.4. The van der Waals surface area contributed by atoms with E-state index in [1.54, 1.807) is 7.05 Å². The van der Waals surface area contributed by atoms with Crippen molar-refractivity contribution in [3.63, 3.8) is 0 Å². The SMILES string of the molecule is CN[C@@H]1[C@@H](O)[C@@H](O[C@@H]2[C@@H](O)[C@H](O[C@H]3O[C@H](CNCCO)CC[C@H]3N)[C@@H](N)C[C@H]2NC(=O)[C@@H](O)[C@@H](O)[C@@H](N)CN)OC[C@]1(C)O. The summed E-state index contributed by atoms with van der Waals surface area (Å²) >= 11 is 0. The normalized spacial score (nSPS) is 42.0. The van der Waals surface area contributed by atoms with Gasteiger partial charge in [0, 0.05) is 31.7 Å². The van der Waals surface area contributed by atoms with Gasteiger partial charge in [-0.15, -0.1) is 0 Å². The van der Waals surface area contributed by atoms with Crippen molar-refractivity contribution in [3.8, 4) is 0 Å². The fraction of sp³-hybridized carbons (Fsp3) is 0.962. The van der Waals surface area contributed by atoms with Crippen molar-refractivity contribution in [2.45, 2.75) is 117 Å². The van der Waals surface area contributed by atoms with Crippen molar-refractivity contribution in [3.05, 3.63) is 0 Å². The number of amides is 1. The maximum absolute atomic E-state index is 12.9. The maximum atomic E-state index is 12.9. The zero-order valence-corrected chi connectivity index (χ0v) is 25.3. The first kappa shape index (κ1) is 37.3. The number of carbonyl (C=O) groups excluding carboxylic acids is 1. The van der Waals surface area contributed by atoms with Crippen molar-refractivity contribution < 1.29 is 54.4 Å². The average molecular weight is 640 g/mol. The Hall–Kier alpha value is -1.17. The van der Waals surface area contributed by atoms with Crippen molar-refractivity contribution in [2.75, 3.05) is 39.9 Å². The molecule has 3 rings (SSSR count). The molecule has 0 bridgehead atoms. The third-order valence-corrected chi connectivity index (χ3v) is 8.53. The molecule has 0 aromatic heterocycles. The Morgan fingerprint density at radius 1 is 1.09 bits per heavy atom. The van der Waals surface area contributed by atoms with Crippen molar-refractivity contribution in [2.24, 2.45) is 22.9 Å². The van der Waals surface area contributed by atoms with Crippen LogP contribution in [0, 0.1) is 0 Å². The highest BCUT2D eigenvalue weighted by atomic mass is 16.7. The van der Waals surface area contributed by atoms with Crippen molar-refractivity contribution in [1.82, 2.24) is 16.0 Å². The Morgan fingerprint density at radius 2 is 1.77 bits per heavy atom. The molecule has 18 nitrogen and oxygen atoms in total. The van der Waals surface area contributed by atoms with E-state index in [0.29, 0.717) is 25.9 Å². The predicted molar refractivity (Wildman–Crippen MR) is 154 cm³/mol. The van der Waals surface area contributed by atoms with Gasteiger partial charge in [0.1, 0.15) is 36.1 Å². The maximum Gasteiger partial charge on any atom is 0.251 e. The summed E-state index contributed by atoms with van der Waals surface area (Å²) in [6, 6.07) is -4.45. The molecular formula is C26H53N7O11. The molecule has 17 N–H and O–H groups in total. The van der Waals surface area contributed by atoms with E-state index in [2.05, 4.69) is 16.0 Å². The molecule has 15 atom stereocenters. The zero-order chi connectivity index (χ0) is 32.8. The lowest BCUT2D eigenvalue weighted by Gasteiger charge is -2.49. The molecule has 44 heavy (non-hydrogen) atoms. The lowest BCUT2D eigenvalue weighted by Crippen LogP contribution is -2.70. The van der Waals surface area contributed by atoms with Crippen LogP contribution in [0.25, 0.3) is 0 Å². The molecule has 3 aliphatic rings. The van der Waals surface area contributed by atoms with E-state index in [1.807, 2.05) is 0 Å². The smallest absolute Gasteiger partial charge is 0.251 e. The standard InChI is InChI=1S/C26H53N7O11/c1-26(40)10-41-25(19(38)22(26)31-2)44-21-15(33-23(39)17(36)16(35)14(30)8-27)7-13(29)20(18(21)37)43-24-12(28)4-3-11(42-24)9-32-5-6-34/h11-22,24-25,31-32,34-38,40H,3-10,27-30H2,1-2H3,(H,33,39)/t11-,12+,13-,14-,15+,16-,17-,18-,19+,20+,21-,22+,24+,25+,26-/m0/s1. The van der Waals surface area contributed by atoms with Crippen molar-refractivity contribution in [1.29, 1.82) is 0 Å². The fourth-order valence-corrected chi connectivity index (χ4v) is 5.91. The lowest BCUT2D eigenvalue weighted by molar-refractivity contribution is -0.307. The van der Waals surface area contributed by atoms with Crippen LogP contribution in [0.5, 0.6) is 0 Å². The van der Waals surface area contributed by atoms with Gasteiger partial charge in [0.2, 0.25) is 0 Å². The molecule has 258 valence electrons. The monoisotopic (exact) mass is 639 g/mol.